The first-order chi connectivity index (χ1) is 13.1. The second-order valence-corrected chi connectivity index (χ2v) is 8.58. The lowest BCUT2D eigenvalue weighted by molar-refractivity contribution is 0.392. The minimum atomic E-state index is -3.67. The summed E-state index contributed by atoms with van der Waals surface area (Å²) in [5.41, 5.74) is 2.34. The van der Waals surface area contributed by atoms with Crippen LogP contribution in [0.15, 0.2) is 44.5 Å². The van der Waals surface area contributed by atoms with Crippen molar-refractivity contribution in [3.8, 4) is 16.9 Å². The van der Waals surface area contributed by atoms with E-state index in [2.05, 4.69) is 15.0 Å². The van der Waals surface area contributed by atoms with Crippen LogP contribution in [0.5, 0.6) is 0 Å². The molecule has 1 aromatic carbocycles. The Balaban J connectivity index is 2.15. The molecule has 8 nitrogen and oxygen atoms in total. The van der Waals surface area contributed by atoms with Gasteiger partial charge in [-0.15, -0.1) is 0 Å². The number of hydrogen-bond acceptors (Lipinski definition) is 6. The van der Waals surface area contributed by atoms with Crippen LogP contribution < -0.4 is 10.3 Å². The topological polar surface area (TPSA) is 107 Å². The van der Waals surface area contributed by atoms with Gasteiger partial charge in [0.15, 0.2) is 5.76 Å². The van der Waals surface area contributed by atoms with Gasteiger partial charge in [0.1, 0.15) is 11.4 Å². The van der Waals surface area contributed by atoms with Crippen LogP contribution in [0.3, 0.4) is 0 Å². The third-order valence-electron chi connectivity index (χ3n) is 4.17. The lowest BCUT2D eigenvalue weighted by Crippen LogP contribution is -2.30. The van der Waals surface area contributed by atoms with Crippen molar-refractivity contribution in [2.75, 3.05) is 0 Å². The summed E-state index contributed by atoms with van der Waals surface area (Å²) in [6.45, 7) is 8.68. The highest BCUT2D eigenvalue weighted by Crippen LogP contribution is 2.24. The van der Waals surface area contributed by atoms with E-state index in [0.29, 0.717) is 34.0 Å². The Bertz CT molecular complexity index is 1170. The second-order valence-electron chi connectivity index (χ2n) is 6.90. The van der Waals surface area contributed by atoms with E-state index in [0.717, 1.165) is 0 Å². The zero-order valence-corrected chi connectivity index (χ0v) is 17.2. The van der Waals surface area contributed by atoms with Gasteiger partial charge in [0, 0.05) is 17.7 Å². The molecule has 0 saturated heterocycles. The maximum Gasteiger partial charge on any atom is 0.271 e. The predicted octanol–water partition coefficient (Wildman–Crippen LogP) is 2.50. The zero-order chi connectivity index (χ0) is 20.6. The number of nitrogens with zero attached hydrogens (tertiary/aromatic N) is 3. The lowest BCUT2D eigenvalue weighted by Gasteiger charge is -2.13. The minimum Gasteiger partial charge on any atom is -0.359 e. The van der Waals surface area contributed by atoms with Crippen molar-refractivity contribution in [2.45, 2.75) is 45.6 Å². The van der Waals surface area contributed by atoms with Crippen molar-refractivity contribution in [1.82, 2.24) is 19.7 Å². The highest BCUT2D eigenvalue weighted by atomic mass is 32.2. The molecule has 0 fully saturated rings. The summed E-state index contributed by atoms with van der Waals surface area (Å²) in [6, 6.07) is 7.77. The van der Waals surface area contributed by atoms with Crippen LogP contribution in [0, 0.1) is 20.8 Å². The van der Waals surface area contributed by atoms with Gasteiger partial charge in [-0.25, -0.2) is 13.1 Å². The number of aryl methyl sites for hydroxylation is 3. The average Bonchev–Trinajstić information content (AvgIpc) is 2.93. The maximum absolute atomic E-state index is 12.6. The molecule has 1 N–H and O–H groups in total. The van der Waals surface area contributed by atoms with E-state index in [4.69, 9.17) is 4.52 Å². The average molecular weight is 402 g/mol. The predicted molar refractivity (Wildman–Crippen MR) is 105 cm³/mol. The molecule has 0 spiro atoms. The van der Waals surface area contributed by atoms with Gasteiger partial charge in [0.25, 0.3) is 5.56 Å². The molecule has 28 heavy (non-hydrogen) atoms. The molecular weight excluding hydrogens is 380 g/mol. The van der Waals surface area contributed by atoms with Crippen LogP contribution in [-0.2, 0) is 10.0 Å². The number of rotatable bonds is 5. The zero-order valence-electron chi connectivity index (χ0n) is 16.3. The fraction of sp³-hybridized carbons (Fsp3) is 0.316. The molecule has 0 bridgehead atoms. The highest BCUT2D eigenvalue weighted by Gasteiger charge is 2.20. The van der Waals surface area contributed by atoms with Crippen LogP contribution in [0.1, 0.15) is 30.9 Å². The summed E-state index contributed by atoms with van der Waals surface area (Å²) in [4.78, 5) is 12.5. The van der Waals surface area contributed by atoms with Gasteiger partial charge >= 0.3 is 0 Å². The van der Waals surface area contributed by atoms with Gasteiger partial charge in [-0.05, 0) is 52.3 Å². The Kier molecular flexibility index (Phi) is 5.22. The molecule has 9 heteroatoms. The van der Waals surface area contributed by atoms with E-state index in [1.165, 1.54) is 10.7 Å². The van der Waals surface area contributed by atoms with Crippen LogP contribution in [0.2, 0.25) is 0 Å². The Hall–Kier alpha value is -2.78. The van der Waals surface area contributed by atoms with Crippen molar-refractivity contribution >= 4 is 10.0 Å². The minimum absolute atomic E-state index is 0.176. The van der Waals surface area contributed by atoms with E-state index >= 15 is 0 Å². The Morgan fingerprint density at radius 2 is 1.82 bits per heavy atom. The van der Waals surface area contributed by atoms with Crippen molar-refractivity contribution in [2.24, 2.45) is 0 Å². The molecule has 3 aromatic rings. The second kappa shape index (κ2) is 7.33. The molecule has 148 valence electrons. The molecule has 0 aliphatic carbocycles. The summed E-state index contributed by atoms with van der Waals surface area (Å²) in [5, 5.41) is 8.27. The van der Waals surface area contributed by atoms with E-state index in [1.54, 1.807) is 58.9 Å². The van der Waals surface area contributed by atoms with Crippen LogP contribution in [0.25, 0.3) is 16.9 Å². The monoisotopic (exact) mass is 402 g/mol. The number of hydrogen-bond donors (Lipinski definition) is 1. The number of aromatic nitrogens is 3. The normalized spacial score (nSPS) is 11.9. The summed E-state index contributed by atoms with van der Waals surface area (Å²) in [7, 11) is -3.67. The third-order valence-corrected chi connectivity index (χ3v) is 5.97. The molecule has 0 saturated carbocycles. The fourth-order valence-electron chi connectivity index (χ4n) is 2.93. The Morgan fingerprint density at radius 1 is 1.11 bits per heavy atom. The Morgan fingerprint density at radius 3 is 2.43 bits per heavy atom. The summed E-state index contributed by atoms with van der Waals surface area (Å²) < 4.78 is 34.2. The van der Waals surface area contributed by atoms with Crippen LogP contribution in [0.4, 0.5) is 0 Å². The van der Waals surface area contributed by atoms with Gasteiger partial charge in [-0.3, -0.25) is 4.79 Å². The first-order valence-electron chi connectivity index (χ1n) is 8.77. The highest BCUT2D eigenvalue weighted by molar-refractivity contribution is 7.89. The summed E-state index contributed by atoms with van der Waals surface area (Å²) in [6.07, 6.45) is 0. The van der Waals surface area contributed by atoms with Crippen LogP contribution in [-0.4, -0.2) is 29.4 Å². The first kappa shape index (κ1) is 20.0. The molecule has 0 amide bonds. The Labute approximate surface area is 163 Å². The SMILES string of the molecule is Cc1ccc(-c2ccc(=O)n(-c3c(C)noc3C)n2)cc1S(=O)(=O)NC(C)C. The van der Waals surface area contributed by atoms with Crippen molar-refractivity contribution in [1.29, 1.82) is 0 Å². The van der Waals surface area contributed by atoms with E-state index in [-0.39, 0.29) is 16.5 Å². The van der Waals surface area contributed by atoms with Gasteiger partial charge in [-0.2, -0.15) is 9.78 Å². The first-order valence-corrected chi connectivity index (χ1v) is 10.3. The maximum atomic E-state index is 12.6. The van der Waals surface area contributed by atoms with E-state index < -0.39 is 10.0 Å². The van der Waals surface area contributed by atoms with Gasteiger partial charge < -0.3 is 4.52 Å². The largest absolute Gasteiger partial charge is 0.359 e. The van der Waals surface area contributed by atoms with E-state index in [1.807, 2.05) is 0 Å². The number of nitrogens with one attached hydrogen (secondary N) is 1. The van der Waals surface area contributed by atoms with E-state index in [9.17, 15) is 13.2 Å². The van der Waals surface area contributed by atoms with Crippen molar-refractivity contribution < 1.29 is 12.9 Å². The van der Waals surface area contributed by atoms with Gasteiger partial charge in [0.05, 0.1) is 10.6 Å². The molecular formula is C19H22N4O4S. The fourth-order valence-corrected chi connectivity index (χ4v) is 4.45. The van der Waals surface area contributed by atoms with Gasteiger partial charge in [-0.1, -0.05) is 17.3 Å². The number of benzene rings is 1. The molecule has 2 aromatic heterocycles. The third kappa shape index (κ3) is 3.76. The smallest absolute Gasteiger partial charge is 0.271 e. The molecule has 0 atom stereocenters. The van der Waals surface area contributed by atoms with Crippen LogP contribution >= 0.6 is 0 Å². The molecule has 2 heterocycles. The molecule has 0 unspecified atom stereocenters. The van der Waals surface area contributed by atoms with Crippen molar-refractivity contribution in [3.63, 3.8) is 0 Å². The van der Waals surface area contributed by atoms with Gasteiger partial charge in [0.2, 0.25) is 10.0 Å². The van der Waals surface area contributed by atoms with Crippen molar-refractivity contribution in [3.05, 3.63) is 57.7 Å². The summed E-state index contributed by atoms with van der Waals surface area (Å²) in [5.74, 6) is 0.470. The molecule has 0 aliphatic rings. The standard InChI is InChI=1S/C19H22N4O4S/c1-11(2)22-28(25,26)17-10-15(7-6-12(17)3)16-8-9-18(24)23(20-16)19-13(4)21-27-14(19)5/h6-11,22H,1-5H3. The lowest BCUT2D eigenvalue weighted by atomic mass is 10.1. The molecule has 3 rings (SSSR count). The molecule has 0 radical (unpaired) electrons. The summed E-state index contributed by atoms with van der Waals surface area (Å²) >= 11 is 0. The molecule has 0 aliphatic heterocycles. The quantitative estimate of drug-likeness (QED) is 0.703. The number of sulfonamides is 1.